The second kappa shape index (κ2) is 7.87. The van der Waals surface area contributed by atoms with E-state index in [9.17, 15) is 14.4 Å². The molecule has 0 fully saturated rings. The van der Waals surface area contributed by atoms with Crippen LogP contribution in [0.3, 0.4) is 0 Å². The minimum Gasteiger partial charge on any atom is -0.465 e. The molecule has 9 nitrogen and oxygen atoms in total. The fourth-order valence-corrected chi connectivity index (χ4v) is 3.14. The number of aromatic nitrogens is 4. The number of rotatable bonds is 6. The molecule has 0 bridgehead atoms. The van der Waals surface area contributed by atoms with E-state index in [1.807, 2.05) is 0 Å². The van der Waals surface area contributed by atoms with Gasteiger partial charge in [-0.15, -0.1) is 10.2 Å². The Bertz CT molecular complexity index is 1010. The SMILES string of the molecule is COC(=O)c1cscc1C(=O)COC(=O)c1cccnc1-c1nncn1C. The number of Topliss-reactive ketones (excluding diaryl/α,β-unsaturated/α-hetero) is 1. The van der Waals surface area contributed by atoms with Gasteiger partial charge in [0.25, 0.3) is 0 Å². The number of hydrogen-bond acceptors (Lipinski definition) is 9. The Labute approximate surface area is 157 Å². The van der Waals surface area contributed by atoms with Crippen molar-refractivity contribution in [1.29, 1.82) is 0 Å². The Morgan fingerprint density at radius 3 is 2.63 bits per heavy atom. The van der Waals surface area contributed by atoms with Crippen molar-refractivity contribution >= 4 is 29.1 Å². The highest BCUT2D eigenvalue weighted by molar-refractivity contribution is 7.08. The van der Waals surface area contributed by atoms with Gasteiger partial charge in [0.15, 0.2) is 12.4 Å². The largest absolute Gasteiger partial charge is 0.465 e. The number of nitrogens with zero attached hydrogens (tertiary/aromatic N) is 4. The second-order valence-corrected chi connectivity index (χ2v) is 6.10. The first kappa shape index (κ1) is 18.4. The van der Waals surface area contributed by atoms with Crippen LogP contribution >= 0.6 is 11.3 Å². The predicted octanol–water partition coefficient (Wildman–Crippen LogP) is 1.76. The molecule has 0 unspecified atom stereocenters. The third-order valence-electron chi connectivity index (χ3n) is 3.65. The Hall–Kier alpha value is -3.40. The van der Waals surface area contributed by atoms with Gasteiger partial charge >= 0.3 is 11.9 Å². The summed E-state index contributed by atoms with van der Waals surface area (Å²) >= 11 is 1.18. The topological polar surface area (TPSA) is 113 Å². The van der Waals surface area contributed by atoms with Gasteiger partial charge in [0.05, 0.1) is 18.2 Å². The van der Waals surface area contributed by atoms with Crippen molar-refractivity contribution in [3.63, 3.8) is 0 Å². The molecule has 3 rings (SSSR count). The zero-order chi connectivity index (χ0) is 19.4. The van der Waals surface area contributed by atoms with Crippen LogP contribution in [0.5, 0.6) is 0 Å². The van der Waals surface area contributed by atoms with Crippen molar-refractivity contribution in [2.45, 2.75) is 0 Å². The van der Waals surface area contributed by atoms with E-state index in [0.29, 0.717) is 11.5 Å². The van der Waals surface area contributed by atoms with E-state index >= 15 is 0 Å². The van der Waals surface area contributed by atoms with Crippen LogP contribution in [0, 0.1) is 0 Å². The third-order valence-corrected chi connectivity index (χ3v) is 4.40. The summed E-state index contributed by atoms with van der Waals surface area (Å²) in [7, 11) is 2.94. The fraction of sp³-hybridized carbons (Fsp3) is 0.176. The number of aryl methyl sites for hydroxylation is 1. The number of carbonyl (C=O) groups excluding carboxylic acids is 3. The lowest BCUT2D eigenvalue weighted by molar-refractivity contribution is 0.0474. The van der Waals surface area contributed by atoms with Crippen molar-refractivity contribution in [3.05, 3.63) is 52.1 Å². The molecule has 27 heavy (non-hydrogen) atoms. The van der Waals surface area contributed by atoms with E-state index in [1.54, 1.807) is 17.7 Å². The molecule has 10 heteroatoms. The molecule has 0 saturated carbocycles. The van der Waals surface area contributed by atoms with Gasteiger partial charge in [-0.3, -0.25) is 9.78 Å². The van der Waals surface area contributed by atoms with Gasteiger partial charge < -0.3 is 14.0 Å². The summed E-state index contributed by atoms with van der Waals surface area (Å²) in [6.07, 6.45) is 2.99. The quantitative estimate of drug-likeness (QED) is 0.465. The highest BCUT2D eigenvalue weighted by atomic mass is 32.1. The van der Waals surface area contributed by atoms with Crippen LogP contribution in [0.2, 0.25) is 0 Å². The van der Waals surface area contributed by atoms with Gasteiger partial charge in [-0.2, -0.15) is 11.3 Å². The number of methoxy groups -OCH3 is 1. The van der Waals surface area contributed by atoms with E-state index in [2.05, 4.69) is 19.9 Å². The molecule has 0 atom stereocenters. The summed E-state index contributed by atoms with van der Waals surface area (Å²) in [6.45, 7) is -0.521. The lowest BCUT2D eigenvalue weighted by atomic mass is 10.1. The van der Waals surface area contributed by atoms with Crippen molar-refractivity contribution < 1.29 is 23.9 Å². The Morgan fingerprint density at radius 1 is 1.15 bits per heavy atom. The molecule has 0 spiro atoms. The molecule has 138 valence electrons. The van der Waals surface area contributed by atoms with E-state index in [4.69, 9.17) is 4.74 Å². The smallest absolute Gasteiger partial charge is 0.340 e. The van der Waals surface area contributed by atoms with Crippen LogP contribution in [0.4, 0.5) is 0 Å². The molecule has 0 aliphatic rings. The van der Waals surface area contributed by atoms with Crippen molar-refractivity contribution in [1.82, 2.24) is 19.7 Å². The number of hydrogen-bond donors (Lipinski definition) is 0. The molecular weight excluding hydrogens is 372 g/mol. The average Bonchev–Trinajstić information content (AvgIpc) is 3.34. The van der Waals surface area contributed by atoms with Gasteiger partial charge in [0.1, 0.15) is 12.0 Å². The minimum atomic E-state index is -0.732. The van der Waals surface area contributed by atoms with E-state index in [-0.39, 0.29) is 16.7 Å². The summed E-state index contributed by atoms with van der Waals surface area (Å²) < 4.78 is 11.4. The van der Waals surface area contributed by atoms with Crippen LogP contribution in [0.1, 0.15) is 31.1 Å². The molecule has 3 heterocycles. The first-order chi connectivity index (χ1) is 13.0. The van der Waals surface area contributed by atoms with Gasteiger partial charge in [0.2, 0.25) is 5.78 Å². The number of ketones is 1. The molecule has 0 saturated heterocycles. The molecule has 3 aromatic rings. The van der Waals surface area contributed by atoms with Gasteiger partial charge in [-0.1, -0.05) is 0 Å². The highest BCUT2D eigenvalue weighted by Gasteiger charge is 2.22. The van der Waals surface area contributed by atoms with Crippen LogP contribution in [-0.4, -0.2) is 51.2 Å². The maximum atomic E-state index is 12.5. The molecule has 0 aliphatic carbocycles. The van der Waals surface area contributed by atoms with Gasteiger partial charge in [-0.25, -0.2) is 9.59 Å². The molecule has 0 radical (unpaired) electrons. The van der Waals surface area contributed by atoms with E-state index in [1.165, 1.54) is 47.8 Å². The summed E-state index contributed by atoms with van der Waals surface area (Å²) in [6, 6.07) is 3.10. The number of esters is 2. The highest BCUT2D eigenvalue weighted by Crippen LogP contribution is 2.20. The summed E-state index contributed by atoms with van der Waals surface area (Å²) in [5.41, 5.74) is 0.740. The second-order valence-electron chi connectivity index (χ2n) is 5.36. The normalized spacial score (nSPS) is 10.4. The Kier molecular flexibility index (Phi) is 5.36. The van der Waals surface area contributed by atoms with Crippen molar-refractivity contribution in [2.24, 2.45) is 7.05 Å². The fourth-order valence-electron chi connectivity index (χ4n) is 2.31. The number of ether oxygens (including phenoxy) is 2. The van der Waals surface area contributed by atoms with Gasteiger partial charge in [0, 0.05) is 29.6 Å². The maximum Gasteiger partial charge on any atom is 0.340 e. The van der Waals surface area contributed by atoms with Crippen LogP contribution in [0.15, 0.2) is 35.4 Å². The van der Waals surface area contributed by atoms with E-state index < -0.39 is 24.3 Å². The number of carbonyl (C=O) groups is 3. The van der Waals surface area contributed by atoms with E-state index in [0.717, 1.165) is 0 Å². The summed E-state index contributed by atoms with van der Waals surface area (Å²) in [5.74, 6) is -1.47. The number of thiophene rings is 1. The first-order valence-electron chi connectivity index (χ1n) is 7.67. The summed E-state index contributed by atoms with van der Waals surface area (Å²) in [5, 5.41) is 10.7. The monoisotopic (exact) mass is 386 g/mol. The van der Waals surface area contributed by atoms with Crippen LogP contribution in [0.25, 0.3) is 11.5 Å². The van der Waals surface area contributed by atoms with Crippen molar-refractivity contribution in [2.75, 3.05) is 13.7 Å². The van der Waals surface area contributed by atoms with Crippen molar-refractivity contribution in [3.8, 4) is 11.5 Å². The molecular formula is C17H14N4O5S. The van der Waals surface area contributed by atoms with Gasteiger partial charge in [-0.05, 0) is 12.1 Å². The molecule has 0 N–H and O–H groups in total. The molecule has 0 aromatic carbocycles. The molecule has 3 aromatic heterocycles. The lowest BCUT2D eigenvalue weighted by Crippen LogP contribution is -2.17. The maximum absolute atomic E-state index is 12.5. The predicted molar refractivity (Wildman–Crippen MR) is 94.5 cm³/mol. The number of pyridine rings is 1. The lowest BCUT2D eigenvalue weighted by Gasteiger charge is -2.08. The Morgan fingerprint density at radius 2 is 1.93 bits per heavy atom. The molecule has 0 amide bonds. The molecule has 0 aliphatic heterocycles. The Balaban J connectivity index is 1.76. The van der Waals surface area contributed by atoms with Crippen LogP contribution in [-0.2, 0) is 16.5 Å². The standard InChI is InChI=1S/C17H14N4O5S/c1-21-9-19-20-15(21)14-10(4-3-5-18-14)17(24)26-6-13(22)11-7-27-8-12(11)16(23)25-2/h3-5,7-9H,6H2,1-2H3. The third kappa shape index (κ3) is 3.75. The minimum absolute atomic E-state index is 0.143. The first-order valence-corrected chi connectivity index (χ1v) is 8.61. The average molecular weight is 386 g/mol. The zero-order valence-corrected chi connectivity index (χ0v) is 15.2. The summed E-state index contributed by atoms with van der Waals surface area (Å²) in [4.78, 5) is 40.6. The zero-order valence-electron chi connectivity index (χ0n) is 14.4. The van der Waals surface area contributed by atoms with Crippen LogP contribution < -0.4 is 0 Å².